The lowest BCUT2D eigenvalue weighted by Crippen LogP contribution is -1.97. The largest absolute Gasteiger partial charge is 0.426 e. The molecular weight excluding hydrogens is 312 g/mol. The Morgan fingerprint density at radius 1 is 1.36 bits per heavy atom. The highest BCUT2D eigenvalue weighted by molar-refractivity contribution is 9.11. The second-order valence-electron chi connectivity index (χ2n) is 2.57. The zero-order valence-electron chi connectivity index (χ0n) is 7.46. The average molecular weight is 320 g/mol. The number of hydrogen-bond donors (Lipinski definition) is 0. The first kappa shape index (κ1) is 11.5. The van der Waals surface area contributed by atoms with Gasteiger partial charge in [0.1, 0.15) is 5.76 Å². The third-order valence-corrected chi connectivity index (χ3v) is 2.43. The van der Waals surface area contributed by atoms with E-state index in [1.165, 1.54) is 6.92 Å². The highest BCUT2D eigenvalue weighted by Gasteiger charge is 2.04. The Balaban J connectivity index is 2.91. The monoisotopic (exact) mass is 318 g/mol. The van der Waals surface area contributed by atoms with Gasteiger partial charge in [0.15, 0.2) is 0 Å². The summed E-state index contributed by atoms with van der Waals surface area (Å²) in [6.45, 7) is 1.37. The summed E-state index contributed by atoms with van der Waals surface area (Å²) in [6.07, 6.45) is 0. The summed E-state index contributed by atoms with van der Waals surface area (Å²) in [4.78, 5) is 12.3. The number of rotatable bonds is 2. The summed E-state index contributed by atoms with van der Waals surface area (Å²) in [6, 6.07) is 7.49. The van der Waals surface area contributed by atoms with Crippen LogP contribution in [0.5, 0.6) is 0 Å². The van der Waals surface area contributed by atoms with Gasteiger partial charge in [-0.15, -0.1) is 0 Å². The molecule has 0 saturated carbocycles. The number of carbonyl (C=O) groups is 1. The molecule has 0 unspecified atom stereocenters. The van der Waals surface area contributed by atoms with E-state index in [4.69, 9.17) is 4.74 Å². The van der Waals surface area contributed by atoms with Crippen molar-refractivity contribution in [2.24, 2.45) is 0 Å². The van der Waals surface area contributed by atoms with Crippen LogP contribution in [0, 0.1) is 0 Å². The van der Waals surface area contributed by atoms with Crippen LogP contribution in [0.3, 0.4) is 0 Å². The van der Waals surface area contributed by atoms with Crippen LogP contribution in [0.4, 0.5) is 0 Å². The maximum atomic E-state index is 10.8. The van der Waals surface area contributed by atoms with Gasteiger partial charge in [-0.3, -0.25) is 4.79 Å². The van der Waals surface area contributed by atoms with Crippen LogP contribution in [0.15, 0.2) is 33.7 Å². The van der Waals surface area contributed by atoms with E-state index in [-0.39, 0.29) is 5.97 Å². The zero-order chi connectivity index (χ0) is 10.6. The van der Waals surface area contributed by atoms with E-state index in [0.717, 1.165) is 10.0 Å². The van der Waals surface area contributed by atoms with Crippen molar-refractivity contribution in [3.63, 3.8) is 0 Å². The van der Waals surface area contributed by atoms with Crippen molar-refractivity contribution in [1.82, 2.24) is 0 Å². The van der Waals surface area contributed by atoms with E-state index < -0.39 is 0 Å². The fraction of sp³-hybridized carbons (Fsp3) is 0.100. The van der Waals surface area contributed by atoms with Crippen LogP contribution in [0.2, 0.25) is 0 Å². The molecule has 0 aromatic heterocycles. The first-order valence-electron chi connectivity index (χ1n) is 3.88. The molecular formula is C10H8Br2O2. The van der Waals surface area contributed by atoms with Gasteiger partial charge in [0.2, 0.25) is 0 Å². The lowest BCUT2D eigenvalue weighted by Gasteiger charge is -2.05. The molecule has 0 aliphatic carbocycles. The van der Waals surface area contributed by atoms with Crippen LogP contribution < -0.4 is 0 Å². The standard InChI is InChI=1S/C10H8Br2O2/c1-7(13)14-10(6-11)8-2-4-9(12)5-3-8/h2-6H,1H3/b10-6-. The quantitative estimate of drug-likeness (QED) is 0.613. The minimum Gasteiger partial charge on any atom is -0.426 e. The maximum Gasteiger partial charge on any atom is 0.308 e. The molecule has 4 heteroatoms. The molecule has 1 aromatic carbocycles. The Kier molecular flexibility index (Phi) is 4.35. The van der Waals surface area contributed by atoms with E-state index >= 15 is 0 Å². The SMILES string of the molecule is CC(=O)O/C(=C\Br)c1ccc(Br)cc1. The molecule has 0 atom stereocenters. The van der Waals surface area contributed by atoms with Crippen molar-refractivity contribution < 1.29 is 9.53 Å². The molecule has 1 rings (SSSR count). The van der Waals surface area contributed by atoms with E-state index in [1.807, 2.05) is 24.3 Å². The van der Waals surface area contributed by atoms with Gasteiger partial charge in [0.05, 0.1) is 0 Å². The van der Waals surface area contributed by atoms with E-state index in [0.29, 0.717) is 5.76 Å². The van der Waals surface area contributed by atoms with Crippen LogP contribution in [0.1, 0.15) is 12.5 Å². The third-order valence-electron chi connectivity index (χ3n) is 1.48. The Labute approximate surface area is 99.2 Å². The number of esters is 1. The Hall–Kier alpha value is -0.610. The predicted octanol–water partition coefficient (Wildman–Crippen LogP) is 3.71. The van der Waals surface area contributed by atoms with Crippen molar-refractivity contribution in [2.75, 3.05) is 0 Å². The number of hydrogen-bond acceptors (Lipinski definition) is 2. The molecule has 0 radical (unpaired) electrons. The normalized spacial score (nSPS) is 11.2. The van der Waals surface area contributed by atoms with E-state index in [2.05, 4.69) is 31.9 Å². The predicted molar refractivity (Wildman–Crippen MR) is 62.8 cm³/mol. The van der Waals surface area contributed by atoms with Gasteiger partial charge in [-0.05, 0) is 12.1 Å². The number of halogens is 2. The molecule has 74 valence electrons. The lowest BCUT2D eigenvalue weighted by molar-refractivity contribution is -0.134. The van der Waals surface area contributed by atoms with Gasteiger partial charge >= 0.3 is 5.97 Å². The van der Waals surface area contributed by atoms with Crippen molar-refractivity contribution >= 4 is 43.6 Å². The minimum absolute atomic E-state index is 0.335. The Morgan fingerprint density at radius 3 is 2.36 bits per heavy atom. The van der Waals surface area contributed by atoms with Crippen LogP contribution in [0.25, 0.3) is 5.76 Å². The zero-order valence-corrected chi connectivity index (χ0v) is 10.6. The second kappa shape index (κ2) is 5.32. The molecule has 2 nitrogen and oxygen atoms in total. The van der Waals surface area contributed by atoms with E-state index in [1.54, 1.807) is 4.99 Å². The van der Waals surface area contributed by atoms with Crippen LogP contribution in [-0.4, -0.2) is 5.97 Å². The first-order chi connectivity index (χ1) is 6.63. The summed E-state index contributed by atoms with van der Waals surface area (Å²) >= 11 is 6.48. The smallest absolute Gasteiger partial charge is 0.308 e. The topological polar surface area (TPSA) is 26.3 Å². The summed E-state index contributed by atoms with van der Waals surface area (Å²) in [5.74, 6) is 0.170. The summed E-state index contributed by atoms with van der Waals surface area (Å²) in [5.41, 5.74) is 0.847. The minimum atomic E-state index is -0.335. The molecule has 0 fully saturated rings. The summed E-state index contributed by atoms with van der Waals surface area (Å²) in [7, 11) is 0. The van der Waals surface area contributed by atoms with Crippen molar-refractivity contribution in [3.05, 3.63) is 39.3 Å². The van der Waals surface area contributed by atoms with Gasteiger partial charge in [-0.25, -0.2) is 0 Å². The molecule has 0 heterocycles. The first-order valence-corrected chi connectivity index (χ1v) is 5.59. The van der Waals surface area contributed by atoms with E-state index in [9.17, 15) is 4.79 Å². The second-order valence-corrected chi connectivity index (χ2v) is 3.95. The molecule has 0 spiro atoms. The molecule has 14 heavy (non-hydrogen) atoms. The highest BCUT2D eigenvalue weighted by atomic mass is 79.9. The lowest BCUT2D eigenvalue weighted by atomic mass is 10.2. The van der Waals surface area contributed by atoms with Gasteiger partial charge in [-0.2, -0.15) is 0 Å². The maximum absolute atomic E-state index is 10.8. The third kappa shape index (κ3) is 3.27. The molecule has 0 N–H and O–H groups in total. The summed E-state index contributed by atoms with van der Waals surface area (Å²) in [5, 5.41) is 0. The fourth-order valence-electron chi connectivity index (χ4n) is 0.913. The fourth-order valence-corrected chi connectivity index (χ4v) is 1.54. The van der Waals surface area contributed by atoms with Crippen LogP contribution in [-0.2, 0) is 9.53 Å². The van der Waals surface area contributed by atoms with Crippen molar-refractivity contribution in [1.29, 1.82) is 0 Å². The Bertz CT molecular complexity index is 355. The van der Waals surface area contributed by atoms with Gasteiger partial charge < -0.3 is 4.74 Å². The Morgan fingerprint density at radius 2 is 1.93 bits per heavy atom. The highest BCUT2D eigenvalue weighted by Crippen LogP contribution is 2.20. The van der Waals surface area contributed by atoms with Crippen molar-refractivity contribution in [2.45, 2.75) is 6.92 Å². The molecule has 0 bridgehead atoms. The molecule has 1 aromatic rings. The molecule has 0 aliphatic heterocycles. The molecule has 0 saturated heterocycles. The number of benzene rings is 1. The van der Waals surface area contributed by atoms with Gasteiger partial charge in [0.25, 0.3) is 0 Å². The van der Waals surface area contributed by atoms with Gasteiger partial charge in [-0.1, -0.05) is 44.0 Å². The van der Waals surface area contributed by atoms with Gasteiger partial charge in [0, 0.05) is 21.9 Å². The number of ether oxygens (including phenoxy) is 1. The molecule has 0 aliphatic rings. The summed E-state index contributed by atoms with van der Waals surface area (Å²) < 4.78 is 5.97. The average Bonchev–Trinajstić information content (AvgIpc) is 2.15. The van der Waals surface area contributed by atoms with Crippen LogP contribution >= 0.6 is 31.9 Å². The van der Waals surface area contributed by atoms with Crippen molar-refractivity contribution in [3.8, 4) is 0 Å². The molecule has 0 amide bonds. The number of carbonyl (C=O) groups excluding carboxylic acids is 1.